The van der Waals surface area contributed by atoms with E-state index >= 15 is 0 Å². The van der Waals surface area contributed by atoms with Crippen molar-refractivity contribution in [2.24, 2.45) is 7.05 Å². The molecule has 0 radical (unpaired) electrons. The molecule has 0 atom stereocenters. The number of hydrogen-bond donors (Lipinski definition) is 2. The van der Waals surface area contributed by atoms with Gasteiger partial charge in [0.25, 0.3) is 10.0 Å². The van der Waals surface area contributed by atoms with E-state index in [0.717, 1.165) is 26.1 Å². The van der Waals surface area contributed by atoms with E-state index in [9.17, 15) is 8.42 Å². The number of likely N-dealkylation sites (tertiary alicyclic amines) is 1. The van der Waals surface area contributed by atoms with Crippen LogP contribution in [0.5, 0.6) is 0 Å². The van der Waals surface area contributed by atoms with Crippen LogP contribution in [0.1, 0.15) is 25.7 Å². The molecule has 20 heavy (non-hydrogen) atoms. The summed E-state index contributed by atoms with van der Waals surface area (Å²) in [5.41, 5.74) is 5.59. The van der Waals surface area contributed by atoms with Gasteiger partial charge in [0.1, 0.15) is 0 Å². The SMILES string of the molecule is Cn1cnc(N)c1S(=O)(=O)NCCCN1CCCCC1. The van der Waals surface area contributed by atoms with Crippen LogP contribution in [0.4, 0.5) is 5.82 Å². The number of sulfonamides is 1. The first-order chi connectivity index (χ1) is 9.50. The molecule has 1 aromatic rings. The Hall–Kier alpha value is -1.12. The normalized spacial score (nSPS) is 17.4. The predicted octanol–water partition coefficient (Wildman–Crippen LogP) is 0.157. The van der Waals surface area contributed by atoms with Crippen molar-refractivity contribution in [1.82, 2.24) is 19.2 Å². The quantitative estimate of drug-likeness (QED) is 0.730. The number of anilines is 1. The van der Waals surface area contributed by atoms with Crippen LogP contribution in [0.3, 0.4) is 0 Å². The van der Waals surface area contributed by atoms with Gasteiger partial charge in [-0.15, -0.1) is 0 Å². The first-order valence-corrected chi connectivity index (χ1v) is 8.48. The van der Waals surface area contributed by atoms with Crippen molar-refractivity contribution < 1.29 is 8.42 Å². The van der Waals surface area contributed by atoms with Crippen LogP contribution in [0, 0.1) is 0 Å². The number of nitrogens with zero attached hydrogens (tertiary/aromatic N) is 3. The third-order valence-corrected chi connectivity index (χ3v) is 5.15. The molecule has 0 bridgehead atoms. The van der Waals surface area contributed by atoms with Gasteiger partial charge in [0.15, 0.2) is 10.8 Å². The fourth-order valence-electron chi connectivity index (χ4n) is 2.52. The minimum absolute atomic E-state index is 0.0375. The Balaban J connectivity index is 1.81. The second-order valence-electron chi connectivity index (χ2n) is 5.20. The Morgan fingerprint density at radius 1 is 1.35 bits per heavy atom. The smallest absolute Gasteiger partial charge is 0.260 e. The molecule has 0 unspecified atom stereocenters. The molecule has 1 saturated heterocycles. The number of imidazole rings is 1. The lowest BCUT2D eigenvalue weighted by atomic mass is 10.1. The van der Waals surface area contributed by atoms with Crippen LogP contribution >= 0.6 is 0 Å². The van der Waals surface area contributed by atoms with Gasteiger partial charge in [-0.05, 0) is 38.9 Å². The van der Waals surface area contributed by atoms with Gasteiger partial charge in [0.2, 0.25) is 0 Å². The molecule has 3 N–H and O–H groups in total. The van der Waals surface area contributed by atoms with Crippen LogP contribution in [0.15, 0.2) is 11.4 Å². The van der Waals surface area contributed by atoms with E-state index in [1.54, 1.807) is 7.05 Å². The highest BCUT2D eigenvalue weighted by atomic mass is 32.2. The van der Waals surface area contributed by atoms with Crippen molar-refractivity contribution in [2.75, 3.05) is 31.9 Å². The van der Waals surface area contributed by atoms with Crippen LogP contribution in [0.25, 0.3) is 0 Å². The number of aryl methyl sites for hydroxylation is 1. The number of rotatable bonds is 6. The molecule has 2 rings (SSSR count). The Kier molecular flexibility index (Phi) is 5.00. The van der Waals surface area contributed by atoms with E-state index in [1.807, 2.05) is 0 Å². The van der Waals surface area contributed by atoms with Gasteiger partial charge in [-0.2, -0.15) is 0 Å². The molecule has 1 aliphatic heterocycles. The third-order valence-electron chi connectivity index (χ3n) is 3.56. The average Bonchev–Trinajstić information content (AvgIpc) is 2.76. The van der Waals surface area contributed by atoms with E-state index in [2.05, 4.69) is 14.6 Å². The summed E-state index contributed by atoms with van der Waals surface area (Å²) in [4.78, 5) is 6.18. The molecule has 0 amide bonds. The standard InChI is InChI=1S/C12H23N5O2S/c1-16-10-14-11(13)12(16)20(18,19)15-6-5-9-17-7-3-2-4-8-17/h10,15H,2-9,13H2,1H3. The number of aromatic nitrogens is 2. The van der Waals surface area contributed by atoms with Gasteiger partial charge in [0, 0.05) is 13.6 Å². The van der Waals surface area contributed by atoms with Crippen LogP contribution < -0.4 is 10.5 Å². The van der Waals surface area contributed by atoms with Crippen molar-refractivity contribution in [3.63, 3.8) is 0 Å². The van der Waals surface area contributed by atoms with Crippen molar-refractivity contribution in [1.29, 1.82) is 0 Å². The molecule has 114 valence electrons. The van der Waals surface area contributed by atoms with Crippen molar-refractivity contribution in [2.45, 2.75) is 30.7 Å². The third kappa shape index (κ3) is 3.71. The van der Waals surface area contributed by atoms with Crippen LogP contribution in [-0.4, -0.2) is 49.0 Å². The molecule has 1 aliphatic rings. The van der Waals surface area contributed by atoms with Gasteiger partial charge in [-0.1, -0.05) is 6.42 Å². The molecule has 1 aromatic heterocycles. The van der Waals surface area contributed by atoms with Gasteiger partial charge in [0.05, 0.1) is 6.33 Å². The van der Waals surface area contributed by atoms with Gasteiger partial charge >= 0.3 is 0 Å². The highest BCUT2D eigenvalue weighted by Gasteiger charge is 2.21. The zero-order chi connectivity index (χ0) is 14.6. The molecule has 7 nitrogen and oxygen atoms in total. The highest BCUT2D eigenvalue weighted by Crippen LogP contribution is 2.15. The summed E-state index contributed by atoms with van der Waals surface area (Å²) < 4.78 is 28.2. The Morgan fingerprint density at radius 3 is 2.65 bits per heavy atom. The molecular weight excluding hydrogens is 278 g/mol. The van der Waals surface area contributed by atoms with E-state index < -0.39 is 10.0 Å². The van der Waals surface area contributed by atoms with E-state index in [4.69, 9.17) is 5.73 Å². The first kappa shape index (κ1) is 15.3. The number of nitrogens with one attached hydrogen (secondary N) is 1. The number of piperidine rings is 1. The second-order valence-corrected chi connectivity index (χ2v) is 6.88. The monoisotopic (exact) mass is 301 g/mol. The summed E-state index contributed by atoms with van der Waals surface area (Å²) in [7, 11) is -1.96. The number of hydrogen-bond acceptors (Lipinski definition) is 5. The minimum Gasteiger partial charge on any atom is -0.381 e. The van der Waals surface area contributed by atoms with Gasteiger partial charge < -0.3 is 15.2 Å². The topological polar surface area (TPSA) is 93.2 Å². The fourth-order valence-corrected chi connectivity index (χ4v) is 3.83. The lowest BCUT2D eigenvalue weighted by Gasteiger charge is -2.26. The van der Waals surface area contributed by atoms with Crippen molar-refractivity contribution in [3.05, 3.63) is 6.33 Å². The molecule has 0 spiro atoms. The molecular formula is C12H23N5O2S. The van der Waals surface area contributed by atoms with Crippen molar-refractivity contribution in [3.8, 4) is 0 Å². The van der Waals surface area contributed by atoms with Crippen LogP contribution in [-0.2, 0) is 17.1 Å². The summed E-state index contributed by atoms with van der Waals surface area (Å²) in [5.74, 6) is 0.0380. The maximum absolute atomic E-state index is 12.1. The second kappa shape index (κ2) is 6.55. The van der Waals surface area contributed by atoms with E-state index in [1.165, 1.54) is 30.2 Å². The molecule has 8 heteroatoms. The van der Waals surface area contributed by atoms with Crippen molar-refractivity contribution >= 4 is 15.8 Å². The summed E-state index contributed by atoms with van der Waals surface area (Å²) in [5, 5.41) is 0.0375. The summed E-state index contributed by atoms with van der Waals surface area (Å²) >= 11 is 0. The highest BCUT2D eigenvalue weighted by molar-refractivity contribution is 7.89. The molecule has 2 heterocycles. The molecule has 0 saturated carbocycles. The zero-order valence-corrected chi connectivity index (χ0v) is 12.7. The Labute approximate surface area is 120 Å². The summed E-state index contributed by atoms with van der Waals surface area (Å²) in [6.07, 6.45) is 6.01. The maximum Gasteiger partial charge on any atom is 0.260 e. The molecule has 1 fully saturated rings. The number of nitrogens with two attached hydrogens (primary N) is 1. The summed E-state index contributed by atoms with van der Waals surface area (Å²) in [6.45, 7) is 3.61. The maximum atomic E-state index is 12.1. The van der Waals surface area contributed by atoms with Gasteiger partial charge in [-0.3, -0.25) is 0 Å². The molecule has 0 aliphatic carbocycles. The largest absolute Gasteiger partial charge is 0.381 e. The van der Waals surface area contributed by atoms with Gasteiger partial charge in [-0.25, -0.2) is 18.1 Å². The Bertz CT molecular complexity index is 515. The fraction of sp³-hybridized carbons (Fsp3) is 0.750. The summed E-state index contributed by atoms with van der Waals surface area (Å²) in [6, 6.07) is 0. The zero-order valence-electron chi connectivity index (χ0n) is 11.9. The Morgan fingerprint density at radius 2 is 2.05 bits per heavy atom. The number of nitrogen functional groups attached to an aromatic ring is 1. The lowest BCUT2D eigenvalue weighted by molar-refractivity contribution is 0.227. The minimum atomic E-state index is -3.57. The average molecular weight is 301 g/mol. The van der Waals surface area contributed by atoms with E-state index in [0.29, 0.717) is 6.54 Å². The van der Waals surface area contributed by atoms with E-state index in [-0.39, 0.29) is 10.8 Å². The first-order valence-electron chi connectivity index (χ1n) is 6.99. The lowest BCUT2D eigenvalue weighted by Crippen LogP contribution is -2.33. The van der Waals surface area contributed by atoms with Crippen LogP contribution in [0.2, 0.25) is 0 Å². The molecule has 0 aromatic carbocycles. The predicted molar refractivity (Wildman–Crippen MR) is 77.7 cm³/mol.